The Bertz CT molecular complexity index is 449. The maximum absolute atomic E-state index is 12.3. The molecule has 3 rings (SSSR count). The summed E-state index contributed by atoms with van der Waals surface area (Å²) in [7, 11) is 0. The van der Waals surface area contributed by atoms with Crippen molar-refractivity contribution < 1.29 is 9.53 Å². The van der Waals surface area contributed by atoms with Crippen LogP contribution < -0.4 is 10.1 Å². The summed E-state index contributed by atoms with van der Waals surface area (Å²) in [5.41, 5.74) is 0.270. The molecule has 0 bridgehead atoms. The quantitative estimate of drug-likeness (QED) is 0.856. The van der Waals surface area contributed by atoms with Gasteiger partial charge in [-0.3, -0.25) is 0 Å². The van der Waals surface area contributed by atoms with E-state index in [1.165, 1.54) is 19.3 Å². The van der Waals surface area contributed by atoms with Crippen LogP contribution >= 0.6 is 0 Å². The first-order chi connectivity index (χ1) is 9.77. The number of nitrogens with one attached hydrogen (secondary N) is 1. The molecule has 1 atom stereocenters. The third-order valence-electron chi connectivity index (χ3n) is 4.43. The third kappa shape index (κ3) is 2.96. The summed E-state index contributed by atoms with van der Waals surface area (Å²) >= 11 is 0. The molecule has 1 aromatic rings. The van der Waals surface area contributed by atoms with Crippen molar-refractivity contribution in [3.05, 3.63) is 30.3 Å². The first-order valence-electron chi connectivity index (χ1n) is 7.50. The van der Waals surface area contributed by atoms with Gasteiger partial charge in [0.2, 0.25) is 0 Å². The molecule has 2 aliphatic rings. The number of benzene rings is 1. The standard InChI is InChI=1S/C16H22N2O2/c19-15(20-14-6-2-1-3-7-14)18-11-5-9-16(13-18)8-4-10-17-12-16/h1-3,6-7,17H,4-5,8-13H2. The molecule has 2 saturated heterocycles. The van der Waals surface area contributed by atoms with Gasteiger partial charge in [-0.2, -0.15) is 0 Å². The Morgan fingerprint density at radius 2 is 2.00 bits per heavy atom. The minimum atomic E-state index is -0.208. The predicted molar refractivity (Wildman–Crippen MR) is 77.8 cm³/mol. The van der Waals surface area contributed by atoms with Gasteiger partial charge in [0.15, 0.2) is 0 Å². The van der Waals surface area contributed by atoms with E-state index >= 15 is 0 Å². The highest BCUT2D eigenvalue weighted by Gasteiger charge is 2.38. The van der Waals surface area contributed by atoms with Gasteiger partial charge < -0.3 is 15.0 Å². The van der Waals surface area contributed by atoms with Crippen LogP contribution in [0.5, 0.6) is 5.75 Å². The second kappa shape index (κ2) is 5.83. The molecule has 2 aliphatic heterocycles. The molecule has 0 aromatic heterocycles. The number of ether oxygens (including phenoxy) is 1. The van der Waals surface area contributed by atoms with Crippen LogP contribution in [-0.2, 0) is 0 Å². The van der Waals surface area contributed by atoms with Crippen LogP contribution in [0.3, 0.4) is 0 Å². The number of hydrogen-bond acceptors (Lipinski definition) is 3. The Morgan fingerprint density at radius 1 is 1.20 bits per heavy atom. The van der Waals surface area contributed by atoms with Crippen molar-refractivity contribution in [2.45, 2.75) is 25.7 Å². The molecule has 20 heavy (non-hydrogen) atoms. The van der Waals surface area contributed by atoms with Crippen molar-refractivity contribution >= 4 is 6.09 Å². The number of piperidine rings is 2. The van der Waals surface area contributed by atoms with Gasteiger partial charge in [-0.15, -0.1) is 0 Å². The minimum Gasteiger partial charge on any atom is -0.410 e. The smallest absolute Gasteiger partial charge is 0.410 e. The first kappa shape index (κ1) is 13.4. The van der Waals surface area contributed by atoms with Crippen LogP contribution in [0.15, 0.2) is 30.3 Å². The summed E-state index contributed by atoms with van der Waals surface area (Å²) in [5.74, 6) is 0.624. The molecule has 4 nitrogen and oxygen atoms in total. The molecular formula is C16H22N2O2. The molecule has 1 aromatic carbocycles. The van der Waals surface area contributed by atoms with Crippen molar-refractivity contribution in [2.75, 3.05) is 26.2 Å². The Labute approximate surface area is 120 Å². The lowest BCUT2D eigenvalue weighted by Crippen LogP contribution is -2.53. The largest absolute Gasteiger partial charge is 0.415 e. The van der Waals surface area contributed by atoms with E-state index in [4.69, 9.17) is 4.74 Å². The van der Waals surface area contributed by atoms with Gasteiger partial charge in [-0.05, 0) is 44.4 Å². The van der Waals surface area contributed by atoms with Gasteiger partial charge in [0.05, 0.1) is 0 Å². The van der Waals surface area contributed by atoms with E-state index in [9.17, 15) is 4.79 Å². The van der Waals surface area contributed by atoms with Gasteiger partial charge in [-0.25, -0.2) is 4.79 Å². The molecule has 1 N–H and O–H groups in total. The van der Waals surface area contributed by atoms with Gasteiger partial charge in [0.25, 0.3) is 0 Å². The van der Waals surface area contributed by atoms with Gasteiger partial charge in [-0.1, -0.05) is 18.2 Å². The second-order valence-electron chi connectivity index (χ2n) is 5.99. The average molecular weight is 274 g/mol. The fourth-order valence-corrected chi connectivity index (χ4v) is 3.40. The zero-order chi connectivity index (χ0) is 13.8. The molecule has 2 heterocycles. The molecule has 1 amide bonds. The number of hydrogen-bond donors (Lipinski definition) is 1. The van der Waals surface area contributed by atoms with Crippen molar-refractivity contribution in [3.63, 3.8) is 0 Å². The van der Waals surface area contributed by atoms with Gasteiger partial charge in [0, 0.05) is 25.0 Å². The summed E-state index contributed by atoms with van der Waals surface area (Å²) in [6.45, 7) is 3.78. The summed E-state index contributed by atoms with van der Waals surface area (Å²) in [6, 6.07) is 9.32. The minimum absolute atomic E-state index is 0.208. The maximum atomic E-state index is 12.3. The molecule has 1 unspecified atom stereocenters. The lowest BCUT2D eigenvalue weighted by Gasteiger charge is -2.44. The predicted octanol–water partition coefficient (Wildman–Crippen LogP) is 2.65. The first-order valence-corrected chi connectivity index (χ1v) is 7.50. The molecule has 0 aliphatic carbocycles. The number of carbonyl (C=O) groups excluding carboxylic acids is 1. The van der Waals surface area contributed by atoms with Crippen molar-refractivity contribution in [3.8, 4) is 5.75 Å². The van der Waals surface area contributed by atoms with Crippen LogP contribution in [0.25, 0.3) is 0 Å². The molecule has 108 valence electrons. The Morgan fingerprint density at radius 3 is 2.75 bits per heavy atom. The lowest BCUT2D eigenvalue weighted by atomic mass is 9.74. The molecule has 0 saturated carbocycles. The number of carbonyl (C=O) groups is 1. The highest BCUT2D eigenvalue weighted by atomic mass is 16.6. The molecule has 1 spiro atoms. The molecule has 4 heteroatoms. The monoisotopic (exact) mass is 274 g/mol. The summed E-state index contributed by atoms with van der Waals surface area (Å²) in [5, 5.41) is 3.48. The van der Waals surface area contributed by atoms with Crippen LogP contribution in [0.2, 0.25) is 0 Å². The molecule has 2 fully saturated rings. The zero-order valence-electron chi connectivity index (χ0n) is 11.8. The Balaban J connectivity index is 1.63. The Hall–Kier alpha value is -1.55. The van der Waals surface area contributed by atoms with E-state index < -0.39 is 0 Å². The van der Waals surface area contributed by atoms with E-state index in [0.29, 0.717) is 5.75 Å². The SMILES string of the molecule is O=C(Oc1ccccc1)N1CCCC2(CCCNC2)C1. The number of amides is 1. The van der Waals surface area contributed by atoms with E-state index in [-0.39, 0.29) is 11.5 Å². The van der Waals surface area contributed by atoms with Crippen LogP contribution in [-0.4, -0.2) is 37.2 Å². The van der Waals surface area contributed by atoms with Crippen molar-refractivity contribution in [1.82, 2.24) is 10.2 Å². The van der Waals surface area contributed by atoms with Crippen LogP contribution in [0, 0.1) is 5.41 Å². The normalized spacial score (nSPS) is 26.5. The number of likely N-dealkylation sites (tertiary alicyclic amines) is 1. The zero-order valence-corrected chi connectivity index (χ0v) is 11.8. The van der Waals surface area contributed by atoms with Gasteiger partial charge in [0.1, 0.15) is 5.75 Å². The number of rotatable bonds is 1. The fraction of sp³-hybridized carbons (Fsp3) is 0.562. The van der Waals surface area contributed by atoms with Crippen LogP contribution in [0.1, 0.15) is 25.7 Å². The molecule has 0 radical (unpaired) electrons. The van der Waals surface area contributed by atoms with Gasteiger partial charge >= 0.3 is 6.09 Å². The van der Waals surface area contributed by atoms with E-state index in [2.05, 4.69) is 5.32 Å². The third-order valence-corrected chi connectivity index (χ3v) is 4.43. The summed E-state index contributed by atoms with van der Waals surface area (Å²) in [6.07, 6.45) is 4.51. The summed E-state index contributed by atoms with van der Waals surface area (Å²) < 4.78 is 5.45. The van der Waals surface area contributed by atoms with E-state index in [0.717, 1.165) is 32.6 Å². The number of nitrogens with zero attached hydrogens (tertiary/aromatic N) is 1. The fourth-order valence-electron chi connectivity index (χ4n) is 3.40. The van der Waals surface area contributed by atoms with Crippen molar-refractivity contribution in [1.29, 1.82) is 0 Å². The lowest BCUT2D eigenvalue weighted by molar-refractivity contribution is 0.0644. The average Bonchev–Trinajstić information content (AvgIpc) is 2.49. The molecular weight excluding hydrogens is 252 g/mol. The van der Waals surface area contributed by atoms with Crippen LogP contribution in [0.4, 0.5) is 4.79 Å². The highest BCUT2D eigenvalue weighted by Crippen LogP contribution is 2.36. The Kier molecular flexibility index (Phi) is 3.92. The van der Waals surface area contributed by atoms with E-state index in [1.54, 1.807) is 0 Å². The number of para-hydroxylation sites is 1. The second-order valence-corrected chi connectivity index (χ2v) is 5.99. The highest BCUT2D eigenvalue weighted by molar-refractivity contribution is 5.70. The topological polar surface area (TPSA) is 41.6 Å². The summed E-state index contributed by atoms with van der Waals surface area (Å²) in [4.78, 5) is 14.2. The van der Waals surface area contributed by atoms with Crippen molar-refractivity contribution in [2.24, 2.45) is 5.41 Å². The maximum Gasteiger partial charge on any atom is 0.415 e. The van der Waals surface area contributed by atoms with E-state index in [1.807, 2.05) is 35.2 Å².